The molecule has 19 heavy (non-hydrogen) atoms. The predicted molar refractivity (Wildman–Crippen MR) is 79.8 cm³/mol. The van der Waals surface area contributed by atoms with E-state index in [0.717, 1.165) is 50.5 Å². The minimum atomic E-state index is 0.592. The number of ether oxygens (including phenoxy) is 1. The van der Waals surface area contributed by atoms with Crippen LogP contribution in [0.4, 0.5) is 5.82 Å². The summed E-state index contributed by atoms with van der Waals surface area (Å²) in [6, 6.07) is 1.90. The molecule has 0 radical (unpaired) electrons. The van der Waals surface area contributed by atoms with Crippen molar-refractivity contribution >= 4 is 5.82 Å². The molecule has 0 spiro atoms. The van der Waals surface area contributed by atoms with Gasteiger partial charge in [-0.05, 0) is 18.8 Å². The number of nitrogens with zero attached hydrogens (tertiary/aromatic N) is 2. The van der Waals surface area contributed by atoms with Gasteiger partial charge in [0.25, 0.3) is 0 Å². The average Bonchev–Trinajstić information content (AvgIpc) is 2.37. The van der Waals surface area contributed by atoms with Gasteiger partial charge in [-0.25, -0.2) is 4.98 Å². The van der Waals surface area contributed by atoms with Crippen LogP contribution >= 0.6 is 0 Å². The number of aromatic nitrogens is 2. The Balaban J connectivity index is 2.71. The zero-order valence-corrected chi connectivity index (χ0v) is 12.7. The van der Waals surface area contributed by atoms with E-state index in [1.807, 2.05) is 6.07 Å². The van der Waals surface area contributed by atoms with Gasteiger partial charge in [-0.3, -0.25) is 0 Å². The van der Waals surface area contributed by atoms with E-state index in [-0.39, 0.29) is 0 Å². The molecule has 1 aromatic rings. The minimum absolute atomic E-state index is 0.592. The van der Waals surface area contributed by atoms with E-state index in [1.165, 1.54) is 0 Å². The van der Waals surface area contributed by atoms with Crippen molar-refractivity contribution in [2.24, 2.45) is 5.92 Å². The molecule has 4 heteroatoms. The van der Waals surface area contributed by atoms with Gasteiger partial charge < -0.3 is 10.1 Å². The van der Waals surface area contributed by atoms with E-state index < -0.39 is 0 Å². The average molecular weight is 265 g/mol. The van der Waals surface area contributed by atoms with Crippen molar-refractivity contribution in [3.05, 3.63) is 11.9 Å². The third-order valence-electron chi connectivity index (χ3n) is 2.66. The highest BCUT2D eigenvalue weighted by Gasteiger charge is 2.05. The summed E-state index contributed by atoms with van der Waals surface area (Å²) in [5.41, 5.74) is 0. The van der Waals surface area contributed by atoms with Gasteiger partial charge in [-0.1, -0.05) is 34.1 Å². The highest BCUT2D eigenvalue weighted by molar-refractivity contribution is 5.38. The predicted octanol–water partition coefficient (Wildman–Crippen LogP) is 3.68. The molecule has 1 rings (SSSR count). The van der Waals surface area contributed by atoms with E-state index in [9.17, 15) is 0 Å². The SMILES string of the molecule is CCCCOc1cc(NCC(C)C)nc(CCC)n1. The van der Waals surface area contributed by atoms with E-state index >= 15 is 0 Å². The zero-order valence-electron chi connectivity index (χ0n) is 12.7. The maximum atomic E-state index is 5.69. The van der Waals surface area contributed by atoms with Crippen LogP contribution in [0.15, 0.2) is 6.07 Å². The molecular weight excluding hydrogens is 238 g/mol. The summed E-state index contributed by atoms with van der Waals surface area (Å²) in [7, 11) is 0. The number of nitrogens with one attached hydrogen (secondary N) is 1. The van der Waals surface area contributed by atoms with E-state index in [0.29, 0.717) is 11.8 Å². The van der Waals surface area contributed by atoms with Crippen LogP contribution in [0, 0.1) is 5.92 Å². The van der Waals surface area contributed by atoms with E-state index in [4.69, 9.17) is 4.74 Å². The molecule has 1 N–H and O–H groups in total. The summed E-state index contributed by atoms with van der Waals surface area (Å²) in [6.07, 6.45) is 4.12. The lowest BCUT2D eigenvalue weighted by Crippen LogP contribution is -2.11. The van der Waals surface area contributed by atoms with Crippen LogP contribution in [0.3, 0.4) is 0 Å². The van der Waals surface area contributed by atoms with E-state index in [1.54, 1.807) is 0 Å². The van der Waals surface area contributed by atoms with Gasteiger partial charge >= 0.3 is 0 Å². The van der Waals surface area contributed by atoms with Gasteiger partial charge in [-0.15, -0.1) is 0 Å². The largest absolute Gasteiger partial charge is 0.478 e. The fraction of sp³-hybridized carbons (Fsp3) is 0.733. The van der Waals surface area contributed by atoms with Gasteiger partial charge in [-0.2, -0.15) is 4.98 Å². The van der Waals surface area contributed by atoms with Crippen molar-refractivity contribution in [2.45, 2.75) is 53.4 Å². The summed E-state index contributed by atoms with van der Waals surface area (Å²) >= 11 is 0. The number of rotatable bonds is 9. The molecule has 0 aliphatic carbocycles. The maximum absolute atomic E-state index is 5.69. The lowest BCUT2D eigenvalue weighted by Gasteiger charge is -2.11. The summed E-state index contributed by atoms with van der Waals surface area (Å²) in [4.78, 5) is 8.97. The molecule has 1 heterocycles. The molecule has 1 aromatic heterocycles. The zero-order chi connectivity index (χ0) is 14.1. The fourth-order valence-corrected chi connectivity index (χ4v) is 1.60. The first-order valence-electron chi connectivity index (χ1n) is 7.40. The highest BCUT2D eigenvalue weighted by Crippen LogP contribution is 2.15. The molecule has 0 aliphatic rings. The lowest BCUT2D eigenvalue weighted by atomic mass is 10.2. The Morgan fingerprint density at radius 1 is 1.21 bits per heavy atom. The second-order valence-corrected chi connectivity index (χ2v) is 5.23. The van der Waals surface area contributed by atoms with Crippen LogP contribution in [0.2, 0.25) is 0 Å². The molecule has 4 nitrogen and oxygen atoms in total. The number of aryl methyl sites for hydroxylation is 1. The molecule has 0 saturated heterocycles. The topological polar surface area (TPSA) is 47.0 Å². The molecule has 0 unspecified atom stereocenters. The number of unbranched alkanes of at least 4 members (excludes halogenated alkanes) is 1. The summed E-state index contributed by atoms with van der Waals surface area (Å²) in [5, 5.41) is 3.34. The normalized spacial score (nSPS) is 10.8. The molecule has 0 atom stereocenters. The maximum Gasteiger partial charge on any atom is 0.218 e. The Morgan fingerprint density at radius 3 is 2.63 bits per heavy atom. The molecule has 0 fully saturated rings. The number of anilines is 1. The Labute approximate surface area is 117 Å². The van der Waals surface area contributed by atoms with Crippen LogP contribution < -0.4 is 10.1 Å². The van der Waals surface area contributed by atoms with Gasteiger partial charge in [0, 0.05) is 19.0 Å². The second-order valence-electron chi connectivity index (χ2n) is 5.23. The van der Waals surface area contributed by atoms with Gasteiger partial charge in [0.05, 0.1) is 6.61 Å². The molecule has 0 aromatic carbocycles. The van der Waals surface area contributed by atoms with Gasteiger partial charge in [0.1, 0.15) is 11.6 Å². The van der Waals surface area contributed by atoms with Crippen LogP contribution in [-0.2, 0) is 6.42 Å². The second kappa shape index (κ2) is 8.73. The Kier molecular flexibility index (Phi) is 7.23. The highest BCUT2D eigenvalue weighted by atomic mass is 16.5. The summed E-state index contributed by atoms with van der Waals surface area (Å²) in [5.74, 6) is 3.02. The van der Waals surface area contributed by atoms with Crippen molar-refractivity contribution in [3.8, 4) is 5.88 Å². The van der Waals surface area contributed by atoms with E-state index in [2.05, 4.69) is 43.0 Å². The smallest absolute Gasteiger partial charge is 0.218 e. The van der Waals surface area contributed by atoms with Crippen molar-refractivity contribution in [2.75, 3.05) is 18.5 Å². The van der Waals surface area contributed by atoms with Crippen molar-refractivity contribution in [1.82, 2.24) is 9.97 Å². The van der Waals surface area contributed by atoms with Crippen LogP contribution in [0.5, 0.6) is 5.88 Å². The Hall–Kier alpha value is -1.32. The quantitative estimate of drug-likeness (QED) is 0.692. The standard InChI is InChI=1S/C15H27N3O/c1-5-7-9-19-15-10-14(16-11-12(3)4)17-13(18-15)8-6-2/h10,12H,5-9,11H2,1-4H3,(H,16,17,18). The molecule has 0 bridgehead atoms. The van der Waals surface area contributed by atoms with Crippen LogP contribution in [-0.4, -0.2) is 23.1 Å². The first-order valence-corrected chi connectivity index (χ1v) is 7.40. The summed E-state index contributed by atoms with van der Waals surface area (Å²) < 4.78 is 5.69. The molecule has 0 amide bonds. The van der Waals surface area contributed by atoms with Crippen molar-refractivity contribution in [3.63, 3.8) is 0 Å². The Bertz CT molecular complexity index is 366. The first kappa shape index (κ1) is 15.7. The third kappa shape index (κ3) is 6.41. The van der Waals surface area contributed by atoms with Crippen LogP contribution in [0.1, 0.15) is 52.8 Å². The van der Waals surface area contributed by atoms with Gasteiger partial charge in [0.15, 0.2) is 0 Å². The number of hydrogen-bond acceptors (Lipinski definition) is 4. The first-order chi connectivity index (χ1) is 9.15. The lowest BCUT2D eigenvalue weighted by molar-refractivity contribution is 0.296. The number of hydrogen-bond donors (Lipinski definition) is 1. The molecule has 0 saturated carbocycles. The molecule has 0 aliphatic heterocycles. The molecule has 108 valence electrons. The Morgan fingerprint density at radius 2 is 2.00 bits per heavy atom. The monoisotopic (exact) mass is 265 g/mol. The van der Waals surface area contributed by atoms with Crippen LogP contribution in [0.25, 0.3) is 0 Å². The van der Waals surface area contributed by atoms with Crippen molar-refractivity contribution < 1.29 is 4.74 Å². The third-order valence-corrected chi connectivity index (χ3v) is 2.66. The van der Waals surface area contributed by atoms with Gasteiger partial charge in [0.2, 0.25) is 5.88 Å². The van der Waals surface area contributed by atoms with Crippen molar-refractivity contribution in [1.29, 1.82) is 0 Å². The fourth-order valence-electron chi connectivity index (χ4n) is 1.60. The summed E-state index contributed by atoms with van der Waals surface area (Å²) in [6.45, 7) is 10.3. The molecular formula is C15H27N3O. The minimum Gasteiger partial charge on any atom is -0.478 e.